The molecule has 1 amide bonds. The van der Waals surface area contributed by atoms with Crippen LogP contribution in [0.1, 0.15) is 36.9 Å². The Morgan fingerprint density at radius 2 is 2.08 bits per heavy atom. The highest BCUT2D eigenvalue weighted by Crippen LogP contribution is 2.26. The van der Waals surface area contributed by atoms with Crippen molar-refractivity contribution >= 4 is 11.9 Å². The Balaban J connectivity index is 1.85. The molecule has 0 saturated carbocycles. The van der Waals surface area contributed by atoms with Gasteiger partial charge in [-0.15, -0.1) is 0 Å². The van der Waals surface area contributed by atoms with Gasteiger partial charge in [-0.3, -0.25) is 14.6 Å². The monoisotopic (exact) mass is 324 g/mol. The van der Waals surface area contributed by atoms with E-state index in [-0.39, 0.29) is 17.9 Å². The van der Waals surface area contributed by atoms with Gasteiger partial charge in [-0.05, 0) is 24.1 Å². The highest BCUT2D eigenvalue weighted by Gasteiger charge is 2.35. The van der Waals surface area contributed by atoms with Gasteiger partial charge in [-0.25, -0.2) is 0 Å². The average molecular weight is 324 g/mol. The summed E-state index contributed by atoms with van der Waals surface area (Å²) in [5.74, 6) is -0.455. The lowest BCUT2D eigenvalue weighted by atomic mass is 10.0. The summed E-state index contributed by atoms with van der Waals surface area (Å²) in [6.07, 6.45) is 3.52. The second kappa shape index (κ2) is 7.25. The molecule has 124 valence electrons. The standard InChI is InChI=1S/C19H20N2O3/c1-14(16-7-3-2-4-8-16)21(13-15-6-5-11-20-12-15)19(23)17-9-10-18(22)24-17/h2-8,11-12,14,17H,9-10,13H2,1H3/t14-,17+/m1/s1. The first-order valence-corrected chi connectivity index (χ1v) is 8.09. The van der Waals surface area contributed by atoms with Crippen molar-refractivity contribution in [1.82, 2.24) is 9.88 Å². The van der Waals surface area contributed by atoms with Crippen LogP contribution in [0.3, 0.4) is 0 Å². The van der Waals surface area contributed by atoms with Gasteiger partial charge in [0.25, 0.3) is 5.91 Å². The molecule has 0 aliphatic carbocycles. The molecule has 5 nitrogen and oxygen atoms in total. The minimum absolute atomic E-state index is 0.127. The predicted octanol–water partition coefficient (Wildman–Crippen LogP) is 2.88. The maximum Gasteiger partial charge on any atom is 0.306 e. The number of aromatic nitrogens is 1. The van der Waals surface area contributed by atoms with E-state index in [0.29, 0.717) is 19.4 Å². The van der Waals surface area contributed by atoms with Gasteiger partial charge in [0.2, 0.25) is 0 Å². The number of hydrogen-bond donors (Lipinski definition) is 0. The van der Waals surface area contributed by atoms with E-state index in [9.17, 15) is 9.59 Å². The number of hydrogen-bond acceptors (Lipinski definition) is 4. The number of esters is 1. The molecule has 1 saturated heterocycles. The van der Waals surface area contributed by atoms with Crippen LogP contribution in [-0.2, 0) is 20.9 Å². The van der Waals surface area contributed by atoms with Gasteiger partial charge in [0.15, 0.2) is 6.10 Å². The number of ether oxygens (including phenoxy) is 1. The molecule has 1 fully saturated rings. The predicted molar refractivity (Wildman–Crippen MR) is 88.8 cm³/mol. The third-order valence-electron chi connectivity index (χ3n) is 4.27. The summed E-state index contributed by atoms with van der Waals surface area (Å²) >= 11 is 0. The molecule has 0 N–H and O–H groups in total. The Hall–Kier alpha value is -2.69. The Labute approximate surface area is 141 Å². The van der Waals surface area contributed by atoms with Crippen LogP contribution in [0.25, 0.3) is 0 Å². The van der Waals surface area contributed by atoms with Gasteiger partial charge >= 0.3 is 5.97 Å². The van der Waals surface area contributed by atoms with Gasteiger partial charge in [-0.2, -0.15) is 0 Å². The molecule has 0 bridgehead atoms. The summed E-state index contributed by atoms with van der Waals surface area (Å²) in [6.45, 7) is 2.41. The summed E-state index contributed by atoms with van der Waals surface area (Å²) in [5.41, 5.74) is 1.98. The fourth-order valence-corrected chi connectivity index (χ4v) is 2.89. The third-order valence-corrected chi connectivity index (χ3v) is 4.27. The van der Waals surface area contributed by atoms with E-state index in [1.165, 1.54) is 0 Å². The molecule has 3 rings (SSSR count). The largest absolute Gasteiger partial charge is 0.452 e. The maximum absolute atomic E-state index is 12.9. The lowest BCUT2D eigenvalue weighted by Crippen LogP contribution is -2.40. The highest BCUT2D eigenvalue weighted by atomic mass is 16.6. The average Bonchev–Trinajstić information content (AvgIpc) is 3.06. The van der Waals surface area contributed by atoms with E-state index in [1.807, 2.05) is 49.4 Å². The molecule has 0 radical (unpaired) electrons. The molecule has 1 aliphatic rings. The van der Waals surface area contributed by atoms with E-state index in [2.05, 4.69) is 4.98 Å². The van der Waals surface area contributed by atoms with Gasteiger partial charge in [0.1, 0.15) is 0 Å². The molecule has 2 atom stereocenters. The van der Waals surface area contributed by atoms with Crippen molar-refractivity contribution in [3.63, 3.8) is 0 Å². The minimum atomic E-state index is -0.680. The SMILES string of the molecule is C[C@H](c1ccccc1)N(Cc1cccnc1)C(=O)[C@@H]1CCC(=O)O1. The van der Waals surface area contributed by atoms with Gasteiger partial charge in [0.05, 0.1) is 6.04 Å². The zero-order valence-electron chi connectivity index (χ0n) is 13.6. The fraction of sp³-hybridized carbons (Fsp3) is 0.316. The molecule has 1 aromatic heterocycles. The number of carbonyl (C=O) groups excluding carboxylic acids is 2. The summed E-state index contributed by atoms with van der Waals surface area (Å²) in [4.78, 5) is 30.2. The minimum Gasteiger partial charge on any atom is -0.452 e. The van der Waals surface area contributed by atoms with Crippen molar-refractivity contribution in [3.05, 3.63) is 66.0 Å². The maximum atomic E-state index is 12.9. The Bertz CT molecular complexity index is 703. The quantitative estimate of drug-likeness (QED) is 0.794. The van der Waals surface area contributed by atoms with Crippen molar-refractivity contribution in [2.75, 3.05) is 0 Å². The van der Waals surface area contributed by atoms with Crippen LogP contribution in [0.4, 0.5) is 0 Å². The first-order chi connectivity index (χ1) is 11.6. The topological polar surface area (TPSA) is 59.5 Å². The van der Waals surface area contributed by atoms with E-state index in [4.69, 9.17) is 4.74 Å². The van der Waals surface area contributed by atoms with E-state index in [0.717, 1.165) is 11.1 Å². The van der Waals surface area contributed by atoms with Gasteiger partial charge in [0, 0.05) is 31.8 Å². The smallest absolute Gasteiger partial charge is 0.306 e. The van der Waals surface area contributed by atoms with Crippen molar-refractivity contribution in [3.8, 4) is 0 Å². The van der Waals surface area contributed by atoms with E-state index >= 15 is 0 Å². The van der Waals surface area contributed by atoms with Crippen molar-refractivity contribution in [1.29, 1.82) is 0 Å². The Kier molecular flexibility index (Phi) is 4.89. The number of pyridine rings is 1. The number of cyclic esters (lactones) is 1. The second-order valence-corrected chi connectivity index (χ2v) is 5.93. The van der Waals surface area contributed by atoms with Crippen LogP contribution < -0.4 is 0 Å². The molecule has 2 heterocycles. The van der Waals surface area contributed by atoms with Crippen molar-refractivity contribution < 1.29 is 14.3 Å². The molecular weight excluding hydrogens is 304 g/mol. The van der Waals surface area contributed by atoms with Crippen LogP contribution in [0.15, 0.2) is 54.9 Å². The van der Waals surface area contributed by atoms with Gasteiger partial charge < -0.3 is 9.64 Å². The van der Waals surface area contributed by atoms with Crippen LogP contribution in [-0.4, -0.2) is 27.9 Å². The lowest BCUT2D eigenvalue weighted by molar-refractivity contribution is -0.154. The third kappa shape index (κ3) is 3.62. The van der Waals surface area contributed by atoms with Crippen molar-refractivity contribution in [2.45, 2.75) is 38.5 Å². The van der Waals surface area contributed by atoms with E-state index < -0.39 is 6.10 Å². The number of benzene rings is 1. The van der Waals surface area contributed by atoms with Crippen LogP contribution in [0.5, 0.6) is 0 Å². The molecule has 0 unspecified atom stereocenters. The number of amides is 1. The zero-order valence-corrected chi connectivity index (χ0v) is 13.6. The molecule has 5 heteroatoms. The molecule has 24 heavy (non-hydrogen) atoms. The number of nitrogens with zero attached hydrogens (tertiary/aromatic N) is 2. The lowest BCUT2D eigenvalue weighted by Gasteiger charge is -2.31. The van der Waals surface area contributed by atoms with Gasteiger partial charge in [-0.1, -0.05) is 36.4 Å². The molecular formula is C19H20N2O3. The first-order valence-electron chi connectivity index (χ1n) is 8.09. The molecule has 2 aromatic rings. The van der Waals surface area contributed by atoms with E-state index in [1.54, 1.807) is 17.3 Å². The Morgan fingerprint density at radius 1 is 1.29 bits per heavy atom. The highest BCUT2D eigenvalue weighted by molar-refractivity contribution is 5.86. The van der Waals surface area contributed by atoms with Crippen LogP contribution >= 0.6 is 0 Å². The molecule has 1 aliphatic heterocycles. The Morgan fingerprint density at radius 3 is 2.71 bits per heavy atom. The summed E-state index contributed by atoms with van der Waals surface area (Å²) in [7, 11) is 0. The zero-order chi connectivity index (χ0) is 16.9. The summed E-state index contributed by atoms with van der Waals surface area (Å²) < 4.78 is 5.18. The van der Waals surface area contributed by atoms with Crippen molar-refractivity contribution in [2.24, 2.45) is 0 Å². The number of carbonyl (C=O) groups is 2. The fourth-order valence-electron chi connectivity index (χ4n) is 2.89. The molecule has 1 aromatic carbocycles. The first kappa shape index (κ1) is 16.2. The number of rotatable bonds is 5. The normalized spacial score (nSPS) is 18.0. The van der Waals surface area contributed by atoms with Crippen LogP contribution in [0.2, 0.25) is 0 Å². The summed E-state index contributed by atoms with van der Waals surface area (Å²) in [6, 6.07) is 13.5. The molecule has 0 spiro atoms. The van der Waals surface area contributed by atoms with Crippen LogP contribution in [0, 0.1) is 0 Å². The second-order valence-electron chi connectivity index (χ2n) is 5.93. The summed E-state index contributed by atoms with van der Waals surface area (Å²) in [5, 5.41) is 0.